The van der Waals surface area contributed by atoms with Gasteiger partial charge in [0.25, 0.3) is 5.91 Å². The van der Waals surface area contributed by atoms with E-state index in [0.29, 0.717) is 29.7 Å². The molecule has 0 radical (unpaired) electrons. The number of piperidine rings is 1. The number of carbonyl (C=O) groups excluding carboxylic acids is 1. The Kier molecular flexibility index (Phi) is 5.45. The molecule has 1 amide bonds. The third-order valence-electron chi connectivity index (χ3n) is 5.99. The zero-order valence-electron chi connectivity index (χ0n) is 14.4. The predicted molar refractivity (Wildman–Crippen MR) is 94.4 cm³/mol. The van der Waals surface area contributed by atoms with Crippen molar-refractivity contribution in [3.05, 3.63) is 11.9 Å². The summed E-state index contributed by atoms with van der Waals surface area (Å²) < 4.78 is 1.91. The van der Waals surface area contributed by atoms with Crippen molar-refractivity contribution in [3.63, 3.8) is 0 Å². The van der Waals surface area contributed by atoms with Crippen LogP contribution in [0.4, 0.5) is 0 Å². The molecule has 1 aromatic heterocycles. The first kappa shape index (κ1) is 17.7. The summed E-state index contributed by atoms with van der Waals surface area (Å²) in [7, 11) is 0. The lowest BCUT2D eigenvalue weighted by atomic mass is 9.85. The van der Waals surface area contributed by atoms with Crippen LogP contribution < -0.4 is 5.32 Å². The number of halogens is 1. The van der Waals surface area contributed by atoms with E-state index in [2.05, 4.69) is 27.5 Å². The zero-order valence-corrected chi connectivity index (χ0v) is 15.2. The number of nitrogens with zero attached hydrogens (tertiary/aromatic N) is 4. The monoisotopic (exact) mass is 353 g/mol. The molecule has 2 saturated heterocycles. The smallest absolute Gasteiger partial charge is 0.276 e. The minimum absolute atomic E-state index is 0. The Balaban J connectivity index is 0.00000169. The number of amides is 1. The van der Waals surface area contributed by atoms with Gasteiger partial charge in [-0.3, -0.25) is 4.79 Å². The van der Waals surface area contributed by atoms with E-state index in [9.17, 15) is 4.79 Å². The molecule has 0 bridgehead atoms. The summed E-state index contributed by atoms with van der Waals surface area (Å²) in [4.78, 5) is 15.1. The van der Waals surface area contributed by atoms with Crippen LogP contribution in [0.3, 0.4) is 0 Å². The molecule has 1 N–H and O–H groups in total. The summed E-state index contributed by atoms with van der Waals surface area (Å²) in [5, 5.41) is 11.8. The fourth-order valence-corrected chi connectivity index (χ4v) is 4.82. The summed E-state index contributed by atoms with van der Waals surface area (Å²) in [6, 6.07) is 1.14. The number of carbonyl (C=O) groups is 1. The molecule has 3 fully saturated rings. The fourth-order valence-electron chi connectivity index (χ4n) is 4.82. The van der Waals surface area contributed by atoms with E-state index in [1.54, 1.807) is 0 Å². The molecule has 3 unspecified atom stereocenters. The van der Waals surface area contributed by atoms with E-state index < -0.39 is 0 Å². The molecule has 3 heterocycles. The molecule has 4 rings (SSSR count). The molecule has 2 aliphatic heterocycles. The van der Waals surface area contributed by atoms with Crippen LogP contribution in [-0.2, 0) is 0 Å². The van der Waals surface area contributed by atoms with Crippen molar-refractivity contribution < 1.29 is 4.79 Å². The third kappa shape index (κ3) is 3.18. The predicted octanol–water partition coefficient (Wildman–Crippen LogP) is 2.42. The highest BCUT2D eigenvalue weighted by Gasteiger charge is 2.43. The van der Waals surface area contributed by atoms with Gasteiger partial charge >= 0.3 is 0 Å². The zero-order chi connectivity index (χ0) is 15.8. The fraction of sp³-hybridized carbons (Fsp3) is 0.824. The van der Waals surface area contributed by atoms with Gasteiger partial charge in [0.1, 0.15) is 0 Å². The minimum Gasteiger partial charge on any atom is -0.331 e. The first-order chi connectivity index (χ1) is 11.2. The second-order valence-corrected chi connectivity index (χ2v) is 7.47. The Morgan fingerprint density at radius 3 is 2.75 bits per heavy atom. The SMILES string of the molecule is CC1CC2CCCCC2N1C(=O)c1cn(C2CCNCC2)nn1.Cl. The number of hydrogen-bond acceptors (Lipinski definition) is 4. The summed E-state index contributed by atoms with van der Waals surface area (Å²) in [6.07, 6.45) is 10.1. The highest BCUT2D eigenvalue weighted by atomic mass is 35.5. The van der Waals surface area contributed by atoms with Crippen molar-refractivity contribution in [2.45, 2.75) is 70.0 Å². The van der Waals surface area contributed by atoms with Gasteiger partial charge in [-0.25, -0.2) is 4.68 Å². The molecule has 1 aromatic rings. The van der Waals surface area contributed by atoms with Crippen LogP contribution >= 0.6 is 12.4 Å². The number of hydrogen-bond donors (Lipinski definition) is 1. The van der Waals surface area contributed by atoms with Crippen molar-refractivity contribution in [2.24, 2.45) is 5.92 Å². The highest BCUT2D eigenvalue weighted by Crippen LogP contribution is 2.40. The molecule has 6 nitrogen and oxygen atoms in total. The van der Waals surface area contributed by atoms with E-state index in [4.69, 9.17) is 0 Å². The van der Waals surface area contributed by atoms with Gasteiger partial charge in [0, 0.05) is 12.1 Å². The van der Waals surface area contributed by atoms with E-state index in [-0.39, 0.29) is 18.3 Å². The second kappa shape index (κ2) is 7.40. The Bertz CT molecular complexity index is 571. The van der Waals surface area contributed by atoms with E-state index in [1.807, 2.05) is 10.9 Å². The van der Waals surface area contributed by atoms with Crippen LogP contribution in [0.2, 0.25) is 0 Å². The number of aromatic nitrogens is 3. The quantitative estimate of drug-likeness (QED) is 0.886. The van der Waals surface area contributed by atoms with Crippen LogP contribution in [0.1, 0.15) is 68.4 Å². The van der Waals surface area contributed by atoms with Gasteiger partial charge < -0.3 is 10.2 Å². The van der Waals surface area contributed by atoms with E-state index in [0.717, 1.165) is 38.8 Å². The third-order valence-corrected chi connectivity index (χ3v) is 5.99. The molecule has 24 heavy (non-hydrogen) atoms. The summed E-state index contributed by atoms with van der Waals surface area (Å²) in [6.45, 7) is 4.22. The molecule has 0 spiro atoms. The summed E-state index contributed by atoms with van der Waals surface area (Å²) in [5.41, 5.74) is 0.529. The topological polar surface area (TPSA) is 63.1 Å². The summed E-state index contributed by atoms with van der Waals surface area (Å²) >= 11 is 0. The maximum Gasteiger partial charge on any atom is 0.276 e. The van der Waals surface area contributed by atoms with Crippen LogP contribution in [-0.4, -0.2) is 51.0 Å². The summed E-state index contributed by atoms with van der Waals surface area (Å²) in [5.74, 6) is 0.786. The van der Waals surface area contributed by atoms with Crippen molar-refractivity contribution in [3.8, 4) is 0 Å². The Morgan fingerprint density at radius 1 is 1.21 bits per heavy atom. The van der Waals surface area contributed by atoms with Gasteiger partial charge in [-0.15, -0.1) is 17.5 Å². The van der Waals surface area contributed by atoms with Gasteiger partial charge in [0.2, 0.25) is 0 Å². The molecule has 3 atom stereocenters. The van der Waals surface area contributed by atoms with E-state index >= 15 is 0 Å². The Labute approximate surface area is 149 Å². The van der Waals surface area contributed by atoms with Crippen LogP contribution in [0, 0.1) is 5.92 Å². The average molecular weight is 354 g/mol. The molecule has 1 saturated carbocycles. The number of nitrogens with one attached hydrogen (secondary N) is 1. The Morgan fingerprint density at radius 2 is 1.96 bits per heavy atom. The normalized spacial score (nSPS) is 30.7. The maximum atomic E-state index is 13.0. The average Bonchev–Trinajstić information content (AvgIpc) is 3.19. The van der Waals surface area contributed by atoms with Gasteiger partial charge in [-0.1, -0.05) is 18.1 Å². The second-order valence-electron chi connectivity index (χ2n) is 7.47. The maximum absolute atomic E-state index is 13.0. The lowest BCUT2D eigenvalue weighted by Crippen LogP contribution is -2.42. The minimum atomic E-state index is 0. The number of rotatable bonds is 2. The molecule has 7 heteroatoms. The molecule has 134 valence electrons. The van der Waals surface area contributed by atoms with Crippen molar-refractivity contribution in [1.29, 1.82) is 0 Å². The molecule has 1 aliphatic carbocycles. The lowest BCUT2D eigenvalue weighted by Gasteiger charge is -2.32. The first-order valence-corrected chi connectivity index (χ1v) is 9.19. The number of fused-ring (bicyclic) bond motifs is 1. The van der Waals surface area contributed by atoms with Crippen molar-refractivity contribution in [2.75, 3.05) is 13.1 Å². The molecular formula is C17H28ClN5O. The van der Waals surface area contributed by atoms with Gasteiger partial charge in [0.15, 0.2) is 5.69 Å². The van der Waals surface area contributed by atoms with Crippen LogP contribution in [0.25, 0.3) is 0 Å². The number of likely N-dealkylation sites (tertiary alicyclic amines) is 1. The van der Waals surface area contributed by atoms with Gasteiger partial charge in [-0.2, -0.15) is 0 Å². The lowest BCUT2D eigenvalue weighted by molar-refractivity contribution is 0.0627. The van der Waals surface area contributed by atoms with Crippen molar-refractivity contribution in [1.82, 2.24) is 25.2 Å². The largest absolute Gasteiger partial charge is 0.331 e. The molecular weight excluding hydrogens is 326 g/mol. The molecule has 0 aromatic carbocycles. The van der Waals surface area contributed by atoms with Crippen LogP contribution in [0.5, 0.6) is 0 Å². The standard InChI is InChI=1S/C17H27N5O.ClH/c1-12-10-13-4-2-3-5-16(13)22(12)17(23)15-11-21(20-19-15)14-6-8-18-9-7-14;/h11-14,16,18H,2-10H2,1H3;1H. The van der Waals surface area contributed by atoms with Gasteiger partial charge in [-0.05, 0) is 58.0 Å². The van der Waals surface area contributed by atoms with Crippen LogP contribution in [0.15, 0.2) is 6.20 Å². The molecule has 3 aliphatic rings. The van der Waals surface area contributed by atoms with E-state index in [1.165, 1.54) is 19.3 Å². The Hall–Kier alpha value is -1.14. The first-order valence-electron chi connectivity index (χ1n) is 9.19. The highest BCUT2D eigenvalue weighted by molar-refractivity contribution is 5.92. The van der Waals surface area contributed by atoms with Gasteiger partial charge in [0.05, 0.1) is 12.2 Å². The van der Waals surface area contributed by atoms with Crippen molar-refractivity contribution >= 4 is 18.3 Å².